The van der Waals surface area contributed by atoms with Gasteiger partial charge >= 0.3 is 12.0 Å². The van der Waals surface area contributed by atoms with Crippen molar-refractivity contribution in [3.63, 3.8) is 0 Å². The molecule has 120 valence electrons. The maximum Gasteiger partial charge on any atom is 0.312 e. The zero-order valence-corrected chi connectivity index (χ0v) is 13.3. The van der Waals surface area contributed by atoms with Crippen LogP contribution < -0.4 is 11.1 Å². The quantitative estimate of drug-likeness (QED) is 0.681. The second-order valence-electron chi connectivity index (χ2n) is 4.99. The van der Waals surface area contributed by atoms with Crippen molar-refractivity contribution in [3.05, 3.63) is 0 Å². The molecule has 0 bridgehead atoms. The Labute approximate surface area is 128 Å². The number of hydrogen-bond donors (Lipinski definition) is 2. The number of likely N-dealkylation sites (tertiary alicyclic amines) is 1. The first kappa shape index (κ1) is 17.6. The van der Waals surface area contributed by atoms with E-state index >= 15 is 0 Å². The molecule has 1 aliphatic rings. The number of nitrogens with two attached hydrogens (primary N) is 1. The lowest BCUT2D eigenvalue weighted by Crippen LogP contribution is -2.53. The molecule has 0 saturated carbocycles. The SMILES string of the molecule is COC(=O)[C@H]1CCCN(C(=O)C(CCSC)NC(N)=O)C1. The number of nitrogens with one attached hydrogen (secondary N) is 1. The molecule has 3 N–H and O–H groups in total. The monoisotopic (exact) mass is 317 g/mol. The van der Waals surface area contributed by atoms with Crippen LogP contribution in [0.15, 0.2) is 0 Å². The van der Waals surface area contributed by atoms with E-state index in [9.17, 15) is 14.4 Å². The fourth-order valence-electron chi connectivity index (χ4n) is 2.42. The Kier molecular flexibility index (Phi) is 7.35. The van der Waals surface area contributed by atoms with Crippen molar-refractivity contribution in [1.29, 1.82) is 0 Å². The second-order valence-corrected chi connectivity index (χ2v) is 5.97. The van der Waals surface area contributed by atoms with Crippen LogP contribution in [0.1, 0.15) is 19.3 Å². The van der Waals surface area contributed by atoms with E-state index in [1.54, 1.807) is 16.7 Å². The third kappa shape index (κ3) is 5.45. The minimum Gasteiger partial charge on any atom is -0.469 e. The Morgan fingerprint density at radius 3 is 2.76 bits per heavy atom. The lowest BCUT2D eigenvalue weighted by Gasteiger charge is -2.33. The number of esters is 1. The molecule has 1 aliphatic heterocycles. The molecular weight excluding hydrogens is 294 g/mol. The number of methoxy groups -OCH3 is 1. The standard InChI is InChI=1S/C13H23N3O4S/c1-20-12(18)9-4-3-6-16(8-9)11(17)10(5-7-21-2)15-13(14)19/h9-10H,3-8H2,1-2H3,(H3,14,15,19)/t9-,10?/m0/s1. The third-order valence-electron chi connectivity index (χ3n) is 3.49. The molecule has 3 amide bonds. The molecule has 1 saturated heterocycles. The van der Waals surface area contributed by atoms with Gasteiger partial charge in [0.2, 0.25) is 5.91 Å². The summed E-state index contributed by atoms with van der Waals surface area (Å²) in [5.74, 6) is -0.0275. The average Bonchev–Trinajstić information content (AvgIpc) is 2.49. The van der Waals surface area contributed by atoms with Gasteiger partial charge in [-0.15, -0.1) is 0 Å². The molecule has 1 unspecified atom stereocenters. The summed E-state index contributed by atoms with van der Waals surface area (Å²) in [6.07, 6.45) is 3.91. The summed E-state index contributed by atoms with van der Waals surface area (Å²) in [5.41, 5.74) is 5.13. The molecule has 1 heterocycles. The normalized spacial score (nSPS) is 19.7. The number of urea groups is 1. The van der Waals surface area contributed by atoms with Gasteiger partial charge in [0, 0.05) is 13.1 Å². The molecule has 0 radical (unpaired) electrons. The maximum atomic E-state index is 12.5. The number of rotatable bonds is 6. The Balaban J connectivity index is 2.68. The number of carbonyl (C=O) groups is 3. The zero-order valence-electron chi connectivity index (χ0n) is 12.5. The topological polar surface area (TPSA) is 102 Å². The summed E-state index contributed by atoms with van der Waals surface area (Å²) in [7, 11) is 1.35. The molecule has 0 aliphatic carbocycles. The fraction of sp³-hybridized carbons (Fsp3) is 0.769. The van der Waals surface area contributed by atoms with Gasteiger partial charge in [-0.25, -0.2) is 4.79 Å². The van der Waals surface area contributed by atoms with E-state index < -0.39 is 12.1 Å². The first-order chi connectivity index (χ1) is 9.99. The minimum absolute atomic E-state index is 0.184. The molecule has 0 spiro atoms. The van der Waals surface area contributed by atoms with E-state index in [1.165, 1.54) is 7.11 Å². The van der Waals surface area contributed by atoms with E-state index in [0.717, 1.165) is 18.6 Å². The van der Waals surface area contributed by atoms with Crippen molar-refractivity contribution in [2.75, 3.05) is 32.2 Å². The van der Waals surface area contributed by atoms with Crippen LogP contribution >= 0.6 is 11.8 Å². The Morgan fingerprint density at radius 1 is 1.48 bits per heavy atom. The van der Waals surface area contributed by atoms with E-state index in [0.29, 0.717) is 19.5 Å². The van der Waals surface area contributed by atoms with Gasteiger partial charge in [-0.1, -0.05) is 0 Å². The lowest BCUT2D eigenvalue weighted by atomic mass is 9.97. The van der Waals surface area contributed by atoms with Gasteiger partial charge in [-0.2, -0.15) is 11.8 Å². The molecule has 0 aromatic heterocycles. The third-order valence-corrected chi connectivity index (χ3v) is 4.14. The highest BCUT2D eigenvalue weighted by molar-refractivity contribution is 7.98. The van der Waals surface area contributed by atoms with Crippen LogP contribution in [0.2, 0.25) is 0 Å². The zero-order chi connectivity index (χ0) is 15.8. The summed E-state index contributed by atoms with van der Waals surface area (Å²) in [6, 6.07) is -1.35. The van der Waals surface area contributed by atoms with Crippen LogP contribution in [-0.4, -0.2) is 61.1 Å². The highest BCUT2D eigenvalue weighted by Gasteiger charge is 2.32. The molecule has 21 heavy (non-hydrogen) atoms. The molecule has 0 aromatic rings. The Morgan fingerprint density at radius 2 is 2.19 bits per heavy atom. The number of carbonyl (C=O) groups excluding carboxylic acids is 3. The van der Waals surface area contributed by atoms with Gasteiger partial charge in [0.05, 0.1) is 13.0 Å². The number of thioether (sulfide) groups is 1. The van der Waals surface area contributed by atoms with Gasteiger partial charge in [0.25, 0.3) is 0 Å². The van der Waals surface area contributed by atoms with Crippen LogP contribution in [0.4, 0.5) is 4.79 Å². The number of amides is 3. The Bertz CT molecular complexity index is 392. The summed E-state index contributed by atoms with van der Waals surface area (Å²) in [6.45, 7) is 0.921. The molecule has 1 rings (SSSR count). The first-order valence-corrected chi connectivity index (χ1v) is 8.30. The number of piperidine rings is 1. The molecular formula is C13H23N3O4S. The molecule has 2 atom stereocenters. The van der Waals surface area contributed by atoms with Crippen LogP contribution in [0.3, 0.4) is 0 Å². The van der Waals surface area contributed by atoms with E-state index in [-0.39, 0.29) is 17.8 Å². The van der Waals surface area contributed by atoms with Crippen molar-refractivity contribution in [1.82, 2.24) is 10.2 Å². The van der Waals surface area contributed by atoms with Crippen molar-refractivity contribution in [3.8, 4) is 0 Å². The van der Waals surface area contributed by atoms with E-state index in [2.05, 4.69) is 5.32 Å². The van der Waals surface area contributed by atoms with Crippen molar-refractivity contribution in [2.45, 2.75) is 25.3 Å². The number of primary amides is 1. The average molecular weight is 317 g/mol. The number of hydrogen-bond acceptors (Lipinski definition) is 5. The summed E-state index contributed by atoms with van der Waals surface area (Å²) in [5, 5.41) is 2.49. The van der Waals surface area contributed by atoms with Crippen molar-refractivity contribution >= 4 is 29.7 Å². The smallest absolute Gasteiger partial charge is 0.312 e. The predicted octanol–water partition coefficient (Wildman–Crippen LogP) is 0.188. The molecule has 0 aromatic carbocycles. The van der Waals surface area contributed by atoms with Gasteiger partial charge in [0.1, 0.15) is 6.04 Å². The van der Waals surface area contributed by atoms with Crippen molar-refractivity contribution in [2.24, 2.45) is 11.7 Å². The molecule has 1 fully saturated rings. The minimum atomic E-state index is -0.712. The summed E-state index contributed by atoms with van der Waals surface area (Å²) >= 11 is 1.59. The molecule has 8 heteroatoms. The first-order valence-electron chi connectivity index (χ1n) is 6.91. The van der Waals surface area contributed by atoms with Gasteiger partial charge in [0.15, 0.2) is 0 Å². The van der Waals surface area contributed by atoms with Crippen molar-refractivity contribution < 1.29 is 19.1 Å². The fourth-order valence-corrected chi connectivity index (χ4v) is 2.89. The van der Waals surface area contributed by atoms with Gasteiger partial charge < -0.3 is 20.7 Å². The predicted molar refractivity (Wildman–Crippen MR) is 80.8 cm³/mol. The largest absolute Gasteiger partial charge is 0.469 e. The summed E-state index contributed by atoms with van der Waals surface area (Å²) < 4.78 is 4.74. The van der Waals surface area contributed by atoms with Crippen LogP contribution in [-0.2, 0) is 14.3 Å². The van der Waals surface area contributed by atoms with Gasteiger partial charge in [-0.05, 0) is 31.3 Å². The maximum absolute atomic E-state index is 12.5. The Hall–Kier alpha value is -1.44. The summed E-state index contributed by atoms with van der Waals surface area (Å²) in [4.78, 5) is 36.7. The van der Waals surface area contributed by atoms with Crippen LogP contribution in [0.5, 0.6) is 0 Å². The van der Waals surface area contributed by atoms with E-state index in [1.807, 2.05) is 6.26 Å². The highest BCUT2D eigenvalue weighted by atomic mass is 32.2. The van der Waals surface area contributed by atoms with E-state index in [4.69, 9.17) is 10.5 Å². The molecule has 7 nitrogen and oxygen atoms in total. The lowest BCUT2D eigenvalue weighted by molar-refractivity contribution is -0.149. The van der Waals surface area contributed by atoms with Crippen LogP contribution in [0.25, 0.3) is 0 Å². The number of ether oxygens (including phenoxy) is 1. The second kappa shape index (κ2) is 8.76. The van der Waals surface area contributed by atoms with Crippen LogP contribution in [0, 0.1) is 5.92 Å². The van der Waals surface area contributed by atoms with Gasteiger partial charge in [-0.3, -0.25) is 9.59 Å². The number of nitrogens with zero attached hydrogens (tertiary/aromatic N) is 1. The highest BCUT2D eigenvalue weighted by Crippen LogP contribution is 2.19.